The molecule has 8 atom stereocenters. The van der Waals surface area contributed by atoms with Crippen molar-refractivity contribution < 1.29 is 10.2 Å². The monoisotopic (exact) mass is 312 g/mol. The molecule has 0 aromatic rings. The van der Waals surface area contributed by atoms with Crippen LogP contribution in [-0.4, -0.2) is 16.3 Å². The fourth-order valence-corrected chi connectivity index (χ4v) is 6.61. The summed E-state index contributed by atoms with van der Waals surface area (Å²) < 4.78 is 0. The third-order valence-electron chi connectivity index (χ3n) is 8.05. The molecule has 23 heavy (non-hydrogen) atoms. The Morgan fingerprint density at radius 2 is 2.00 bits per heavy atom. The molecule has 4 rings (SSSR count). The topological polar surface area (TPSA) is 40.5 Å². The second kappa shape index (κ2) is 4.90. The molecule has 4 aliphatic carbocycles. The van der Waals surface area contributed by atoms with E-state index in [0.29, 0.717) is 29.4 Å². The Labute approximate surface area is 139 Å². The molecule has 3 saturated carbocycles. The summed E-state index contributed by atoms with van der Waals surface area (Å²) in [4.78, 5) is 0. The smallest absolute Gasteiger partial charge is 0.111 e. The van der Waals surface area contributed by atoms with E-state index in [2.05, 4.69) is 25.8 Å². The number of terminal acetylenes is 1. The van der Waals surface area contributed by atoms with Gasteiger partial charge in [-0.2, -0.15) is 0 Å². The fourth-order valence-electron chi connectivity index (χ4n) is 6.61. The van der Waals surface area contributed by atoms with E-state index in [-0.39, 0.29) is 22.9 Å². The van der Waals surface area contributed by atoms with Crippen molar-refractivity contribution in [3.05, 3.63) is 24.0 Å². The average molecular weight is 312 g/mol. The van der Waals surface area contributed by atoms with Crippen LogP contribution < -0.4 is 0 Å². The first-order valence-corrected chi connectivity index (χ1v) is 9.14. The van der Waals surface area contributed by atoms with Crippen molar-refractivity contribution in [3.63, 3.8) is 0 Å². The predicted octanol–water partition coefficient (Wildman–Crippen LogP) is 4.08. The molecule has 124 valence electrons. The normalized spacial score (nSPS) is 54.4. The summed E-state index contributed by atoms with van der Waals surface area (Å²) >= 11 is 0. The maximum Gasteiger partial charge on any atom is 0.111 e. The van der Waals surface area contributed by atoms with Crippen molar-refractivity contribution in [2.75, 3.05) is 0 Å². The summed E-state index contributed by atoms with van der Waals surface area (Å²) in [6.07, 6.45) is 17.2. The van der Waals surface area contributed by atoms with Gasteiger partial charge in [0.25, 0.3) is 0 Å². The maximum absolute atomic E-state index is 10.6. The van der Waals surface area contributed by atoms with Crippen LogP contribution in [0.15, 0.2) is 24.0 Å². The zero-order valence-corrected chi connectivity index (χ0v) is 14.2. The van der Waals surface area contributed by atoms with Gasteiger partial charge < -0.3 is 10.2 Å². The molecule has 0 aliphatic heterocycles. The highest BCUT2D eigenvalue weighted by Gasteiger charge is 2.61. The van der Waals surface area contributed by atoms with Crippen molar-refractivity contribution in [3.8, 4) is 12.3 Å². The summed E-state index contributed by atoms with van der Waals surface area (Å²) in [6.45, 7) is 4.64. The lowest BCUT2D eigenvalue weighted by atomic mass is 9.44. The van der Waals surface area contributed by atoms with E-state index in [1.165, 1.54) is 0 Å². The van der Waals surface area contributed by atoms with Gasteiger partial charge in [-0.05, 0) is 78.8 Å². The minimum atomic E-state index is -0.164. The van der Waals surface area contributed by atoms with Crippen LogP contribution in [0.4, 0.5) is 0 Å². The van der Waals surface area contributed by atoms with E-state index in [1.807, 2.05) is 12.2 Å². The summed E-state index contributed by atoms with van der Waals surface area (Å²) in [7, 11) is 0. The van der Waals surface area contributed by atoms with Gasteiger partial charge in [0.2, 0.25) is 0 Å². The number of hydrogen-bond acceptors (Lipinski definition) is 2. The highest BCUT2D eigenvalue weighted by Crippen LogP contribution is 2.66. The molecule has 2 N–H and O–H groups in total. The summed E-state index contributed by atoms with van der Waals surface area (Å²) in [6, 6.07) is 0. The maximum atomic E-state index is 10.6. The molecule has 0 amide bonds. The molecule has 4 aliphatic rings. The molecule has 0 radical (unpaired) electrons. The van der Waals surface area contributed by atoms with Gasteiger partial charge in [-0.1, -0.05) is 19.9 Å². The van der Waals surface area contributed by atoms with Crippen molar-refractivity contribution in [2.24, 2.45) is 40.4 Å². The van der Waals surface area contributed by atoms with E-state index in [0.717, 1.165) is 32.1 Å². The Morgan fingerprint density at radius 1 is 1.22 bits per heavy atom. The molecule has 0 aromatic carbocycles. The van der Waals surface area contributed by atoms with Crippen molar-refractivity contribution in [1.29, 1.82) is 0 Å². The Bertz CT molecular complexity index is 612. The van der Waals surface area contributed by atoms with Crippen LogP contribution in [0.25, 0.3) is 0 Å². The summed E-state index contributed by atoms with van der Waals surface area (Å²) in [5, 5.41) is 20.5. The van der Waals surface area contributed by atoms with Crippen LogP contribution in [0.2, 0.25) is 0 Å². The van der Waals surface area contributed by atoms with Crippen molar-refractivity contribution in [1.82, 2.24) is 0 Å². The van der Waals surface area contributed by atoms with Gasteiger partial charge in [0.1, 0.15) is 5.76 Å². The van der Waals surface area contributed by atoms with Crippen molar-refractivity contribution >= 4 is 0 Å². The fraction of sp³-hybridized carbons (Fsp3) is 0.714. The summed E-state index contributed by atoms with van der Waals surface area (Å²) in [5.41, 5.74) is 0.148. The van der Waals surface area contributed by atoms with Gasteiger partial charge in [-0.3, -0.25) is 0 Å². The van der Waals surface area contributed by atoms with Gasteiger partial charge in [-0.15, -0.1) is 12.3 Å². The van der Waals surface area contributed by atoms with E-state index in [9.17, 15) is 10.2 Å². The highest BCUT2D eigenvalue weighted by atomic mass is 16.3. The molecular weight excluding hydrogens is 284 g/mol. The first kappa shape index (κ1) is 15.3. The standard InChI is InChI=1S/C21H28O2/c1-4-13-11-14-12-15(22)7-9-20(14,2)17-8-10-21(3)16(19(13)17)5-6-18(21)23/h1,7,9,12-14,16-19,22-23H,5-6,8,10-11H2,2-3H3/t13?,14?,16-,17+,18?,19-,20-,21-/m0/s1. The molecule has 0 saturated heterocycles. The van der Waals surface area contributed by atoms with E-state index in [4.69, 9.17) is 6.42 Å². The van der Waals surface area contributed by atoms with E-state index < -0.39 is 0 Å². The van der Waals surface area contributed by atoms with E-state index in [1.54, 1.807) is 0 Å². The first-order valence-electron chi connectivity index (χ1n) is 9.14. The molecule has 3 fully saturated rings. The van der Waals surface area contributed by atoms with Gasteiger partial charge in [-0.25, -0.2) is 0 Å². The molecule has 0 bridgehead atoms. The van der Waals surface area contributed by atoms with Gasteiger partial charge in [0.15, 0.2) is 0 Å². The first-order chi connectivity index (χ1) is 10.9. The summed E-state index contributed by atoms with van der Waals surface area (Å²) in [5.74, 6) is 5.70. The number of aliphatic hydroxyl groups is 2. The molecule has 2 nitrogen and oxygen atoms in total. The number of rotatable bonds is 0. The molecule has 3 unspecified atom stereocenters. The number of fused-ring (bicyclic) bond motifs is 5. The highest BCUT2D eigenvalue weighted by molar-refractivity contribution is 5.29. The lowest BCUT2D eigenvalue weighted by Gasteiger charge is -2.59. The second-order valence-electron chi connectivity index (χ2n) is 8.83. The number of aliphatic hydroxyl groups excluding tert-OH is 2. The van der Waals surface area contributed by atoms with Crippen LogP contribution in [0.1, 0.15) is 46.0 Å². The number of allylic oxidation sites excluding steroid dienone is 3. The molecular formula is C21H28O2. The molecule has 2 heteroatoms. The van der Waals surface area contributed by atoms with Gasteiger partial charge >= 0.3 is 0 Å². The Balaban J connectivity index is 1.76. The third kappa shape index (κ3) is 1.92. The van der Waals surface area contributed by atoms with E-state index >= 15 is 0 Å². The van der Waals surface area contributed by atoms with Crippen molar-refractivity contribution in [2.45, 2.75) is 52.1 Å². The lowest BCUT2D eigenvalue weighted by Crippen LogP contribution is -2.55. The quantitative estimate of drug-likeness (QED) is 0.662. The van der Waals surface area contributed by atoms with Crippen LogP contribution in [-0.2, 0) is 0 Å². The largest absolute Gasteiger partial charge is 0.508 e. The van der Waals surface area contributed by atoms with Crippen LogP contribution in [0.5, 0.6) is 0 Å². The van der Waals surface area contributed by atoms with Gasteiger partial charge in [0, 0.05) is 5.92 Å². The molecule has 0 heterocycles. The third-order valence-corrected chi connectivity index (χ3v) is 8.05. The Kier molecular flexibility index (Phi) is 3.27. The van der Waals surface area contributed by atoms with Crippen LogP contribution >= 0.6 is 0 Å². The van der Waals surface area contributed by atoms with Crippen LogP contribution in [0, 0.1) is 52.8 Å². The molecule has 0 spiro atoms. The zero-order valence-electron chi connectivity index (χ0n) is 14.2. The number of hydrogen-bond donors (Lipinski definition) is 2. The Morgan fingerprint density at radius 3 is 2.74 bits per heavy atom. The average Bonchev–Trinajstić information content (AvgIpc) is 2.83. The lowest BCUT2D eigenvalue weighted by molar-refractivity contribution is -0.100. The SMILES string of the molecule is C#CC1CC2C=C(O)C=C[C@]2(C)[C@@H]2CC[C@]3(C)C(O)CC[C@H]3[C@H]12. The second-order valence-corrected chi connectivity index (χ2v) is 8.83. The molecule has 0 aromatic heterocycles. The van der Waals surface area contributed by atoms with Crippen LogP contribution in [0.3, 0.4) is 0 Å². The Hall–Kier alpha value is -1.20. The zero-order chi connectivity index (χ0) is 16.4. The minimum absolute atomic E-state index is 0.0514. The minimum Gasteiger partial charge on any atom is -0.508 e. The van der Waals surface area contributed by atoms with Gasteiger partial charge in [0.05, 0.1) is 6.10 Å². The predicted molar refractivity (Wildman–Crippen MR) is 91.4 cm³/mol.